The fourth-order valence-corrected chi connectivity index (χ4v) is 0.987. The Bertz CT molecular complexity index is 248. The molecule has 0 saturated carbocycles. The summed E-state index contributed by atoms with van der Waals surface area (Å²) in [6.07, 6.45) is 1.49. The number of rotatable bonds is 3. The van der Waals surface area contributed by atoms with E-state index in [1.807, 2.05) is 13.0 Å². The van der Waals surface area contributed by atoms with Crippen LogP contribution in [0.5, 0.6) is 0 Å². The molecule has 1 aromatic heterocycles. The second-order valence-electron chi connectivity index (χ2n) is 2.70. The van der Waals surface area contributed by atoms with Gasteiger partial charge in [0.15, 0.2) is 0 Å². The van der Waals surface area contributed by atoms with Gasteiger partial charge in [0.2, 0.25) is 0 Å². The van der Waals surface area contributed by atoms with Gasteiger partial charge in [-0.05, 0) is 13.0 Å². The molecule has 0 aliphatic rings. The molecule has 12 heavy (non-hydrogen) atoms. The quantitative estimate of drug-likeness (QED) is 0.655. The van der Waals surface area contributed by atoms with Crippen LogP contribution in [-0.4, -0.2) is 28.2 Å². The highest BCUT2D eigenvalue weighted by Gasteiger charge is 2.09. The van der Waals surface area contributed by atoms with Crippen LogP contribution in [0.3, 0.4) is 0 Å². The van der Waals surface area contributed by atoms with Gasteiger partial charge in [0.25, 0.3) is 0 Å². The van der Waals surface area contributed by atoms with Crippen molar-refractivity contribution >= 4 is 0 Å². The number of aliphatic hydroxyl groups is 1. The first-order chi connectivity index (χ1) is 5.77. The Labute approximate surface area is 71.5 Å². The standard InChI is InChI=1S/C8H13N3O/c1-6-2-8(11-5-10-6)7(3-9)4-12/h2,5,7,12H,3-4,9H2,1H3. The lowest BCUT2D eigenvalue weighted by Crippen LogP contribution is -2.17. The first-order valence-electron chi connectivity index (χ1n) is 3.87. The molecule has 1 rings (SSSR count). The minimum Gasteiger partial charge on any atom is -0.396 e. The van der Waals surface area contributed by atoms with E-state index in [-0.39, 0.29) is 12.5 Å². The van der Waals surface area contributed by atoms with Crippen LogP contribution in [0.1, 0.15) is 17.3 Å². The summed E-state index contributed by atoms with van der Waals surface area (Å²) in [5.41, 5.74) is 7.15. The van der Waals surface area contributed by atoms with Gasteiger partial charge >= 0.3 is 0 Å². The molecule has 1 aromatic rings. The third-order valence-electron chi connectivity index (χ3n) is 1.75. The molecule has 1 atom stereocenters. The third-order valence-corrected chi connectivity index (χ3v) is 1.75. The predicted molar refractivity (Wildman–Crippen MR) is 45.7 cm³/mol. The molecule has 0 aliphatic carbocycles. The number of hydrogen-bond acceptors (Lipinski definition) is 4. The Balaban J connectivity index is 2.85. The molecular weight excluding hydrogens is 154 g/mol. The van der Waals surface area contributed by atoms with Crippen molar-refractivity contribution in [3.05, 3.63) is 23.8 Å². The number of hydrogen-bond donors (Lipinski definition) is 2. The Morgan fingerprint density at radius 2 is 2.33 bits per heavy atom. The normalized spacial score (nSPS) is 12.9. The molecule has 3 N–H and O–H groups in total. The van der Waals surface area contributed by atoms with Crippen LogP contribution >= 0.6 is 0 Å². The third kappa shape index (κ3) is 1.99. The summed E-state index contributed by atoms with van der Waals surface area (Å²) in [6, 6.07) is 1.84. The van der Waals surface area contributed by atoms with Gasteiger partial charge in [0.05, 0.1) is 12.3 Å². The molecule has 66 valence electrons. The molecule has 0 amide bonds. The number of aryl methyl sites for hydroxylation is 1. The van der Waals surface area contributed by atoms with E-state index >= 15 is 0 Å². The second kappa shape index (κ2) is 4.13. The lowest BCUT2D eigenvalue weighted by Gasteiger charge is -2.09. The van der Waals surface area contributed by atoms with Crippen molar-refractivity contribution in [3.8, 4) is 0 Å². The molecule has 0 aliphatic heterocycles. The van der Waals surface area contributed by atoms with Gasteiger partial charge in [-0.1, -0.05) is 0 Å². The van der Waals surface area contributed by atoms with Gasteiger partial charge in [-0.15, -0.1) is 0 Å². The largest absolute Gasteiger partial charge is 0.396 e. The lowest BCUT2D eigenvalue weighted by molar-refractivity contribution is 0.265. The zero-order chi connectivity index (χ0) is 8.97. The summed E-state index contributed by atoms with van der Waals surface area (Å²) in [5.74, 6) is -0.0632. The van der Waals surface area contributed by atoms with E-state index in [1.54, 1.807) is 0 Å². The summed E-state index contributed by atoms with van der Waals surface area (Å²) in [5, 5.41) is 8.93. The van der Waals surface area contributed by atoms with Crippen LogP contribution in [0.25, 0.3) is 0 Å². The molecule has 0 saturated heterocycles. The minimum absolute atomic E-state index is 0.0347. The fourth-order valence-electron chi connectivity index (χ4n) is 0.987. The molecule has 1 heterocycles. The highest BCUT2D eigenvalue weighted by atomic mass is 16.3. The van der Waals surface area contributed by atoms with Crippen molar-refractivity contribution in [2.45, 2.75) is 12.8 Å². The Hall–Kier alpha value is -1.00. The van der Waals surface area contributed by atoms with E-state index in [0.717, 1.165) is 11.4 Å². The van der Waals surface area contributed by atoms with Crippen molar-refractivity contribution in [3.63, 3.8) is 0 Å². The Morgan fingerprint density at radius 1 is 1.58 bits per heavy atom. The number of nitrogens with two attached hydrogens (primary N) is 1. The van der Waals surface area contributed by atoms with E-state index in [1.165, 1.54) is 6.33 Å². The maximum Gasteiger partial charge on any atom is 0.115 e. The number of aliphatic hydroxyl groups excluding tert-OH is 1. The van der Waals surface area contributed by atoms with Crippen molar-refractivity contribution in [2.75, 3.05) is 13.2 Å². The van der Waals surface area contributed by atoms with Crippen LogP contribution in [0.4, 0.5) is 0 Å². The van der Waals surface area contributed by atoms with E-state index in [4.69, 9.17) is 10.8 Å². The smallest absolute Gasteiger partial charge is 0.115 e. The molecule has 4 nitrogen and oxygen atoms in total. The van der Waals surface area contributed by atoms with Crippen LogP contribution in [0.15, 0.2) is 12.4 Å². The average Bonchev–Trinajstić information content (AvgIpc) is 2.07. The van der Waals surface area contributed by atoms with Crippen LogP contribution < -0.4 is 5.73 Å². The predicted octanol–water partition coefficient (Wildman–Crippen LogP) is -0.180. The molecule has 0 bridgehead atoms. The van der Waals surface area contributed by atoms with E-state index in [9.17, 15) is 0 Å². The Kier molecular flexibility index (Phi) is 3.13. The molecular formula is C8H13N3O. The summed E-state index contributed by atoms with van der Waals surface area (Å²) in [7, 11) is 0. The Morgan fingerprint density at radius 3 is 2.83 bits per heavy atom. The van der Waals surface area contributed by atoms with Gasteiger partial charge < -0.3 is 10.8 Å². The van der Waals surface area contributed by atoms with Gasteiger partial charge in [-0.2, -0.15) is 0 Å². The van der Waals surface area contributed by atoms with Crippen LogP contribution in [-0.2, 0) is 0 Å². The monoisotopic (exact) mass is 167 g/mol. The van der Waals surface area contributed by atoms with Gasteiger partial charge in [-0.3, -0.25) is 0 Å². The van der Waals surface area contributed by atoms with Gasteiger partial charge in [0, 0.05) is 18.2 Å². The number of aromatic nitrogens is 2. The van der Waals surface area contributed by atoms with Gasteiger partial charge in [-0.25, -0.2) is 9.97 Å². The zero-order valence-corrected chi connectivity index (χ0v) is 7.07. The van der Waals surface area contributed by atoms with Gasteiger partial charge in [0.1, 0.15) is 6.33 Å². The molecule has 0 radical (unpaired) electrons. The number of nitrogens with zero attached hydrogens (tertiary/aromatic N) is 2. The average molecular weight is 167 g/mol. The first-order valence-corrected chi connectivity index (χ1v) is 3.87. The summed E-state index contributed by atoms with van der Waals surface area (Å²) < 4.78 is 0. The van der Waals surface area contributed by atoms with Crippen molar-refractivity contribution < 1.29 is 5.11 Å². The lowest BCUT2D eigenvalue weighted by atomic mass is 10.1. The summed E-state index contributed by atoms with van der Waals surface area (Å²) in [6.45, 7) is 2.33. The van der Waals surface area contributed by atoms with Crippen molar-refractivity contribution in [1.29, 1.82) is 0 Å². The van der Waals surface area contributed by atoms with Crippen molar-refractivity contribution in [2.24, 2.45) is 5.73 Å². The zero-order valence-electron chi connectivity index (χ0n) is 7.07. The minimum atomic E-state index is -0.0632. The van der Waals surface area contributed by atoms with E-state index < -0.39 is 0 Å². The highest BCUT2D eigenvalue weighted by Crippen LogP contribution is 2.10. The summed E-state index contributed by atoms with van der Waals surface area (Å²) in [4.78, 5) is 7.99. The van der Waals surface area contributed by atoms with Crippen molar-refractivity contribution in [1.82, 2.24) is 9.97 Å². The van der Waals surface area contributed by atoms with Crippen LogP contribution in [0.2, 0.25) is 0 Å². The molecule has 0 fully saturated rings. The fraction of sp³-hybridized carbons (Fsp3) is 0.500. The topological polar surface area (TPSA) is 72.0 Å². The molecule has 4 heteroatoms. The van der Waals surface area contributed by atoms with E-state index in [0.29, 0.717) is 6.54 Å². The maximum atomic E-state index is 8.93. The first kappa shape index (κ1) is 9.09. The summed E-state index contributed by atoms with van der Waals surface area (Å²) >= 11 is 0. The molecule has 0 spiro atoms. The SMILES string of the molecule is Cc1cc(C(CN)CO)ncn1. The molecule has 0 aromatic carbocycles. The molecule has 1 unspecified atom stereocenters. The maximum absolute atomic E-state index is 8.93. The highest BCUT2D eigenvalue weighted by molar-refractivity contribution is 5.11. The van der Waals surface area contributed by atoms with Crippen LogP contribution in [0, 0.1) is 6.92 Å². The second-order valence-corrected chi connectivity index (χ2v) is 2.70. The van der Waals surface area contributed by atoms with E-state index in [2.05, 4.69) is 9.97 Å².